The predicted molar refractivity (Wildman–Crippen MR) is 85.6 cm³/mol. The number of hydrogen-bond donors (Lipinski definition) is 1. The highest BCUT2D eigenvalue weighted by Crippen LogP contribution is 2.32. The molecule has 3 rings (SSSR count). The lowest BCUT2D eigenvalue weighted by Gasteiger charge is -2.13. The lowest BCUT2D eigenvalue weighted by molar-refractivity contribution is 0.0368. The van der Waals surface area contributed by atoms with E-state index in [-0.39, 0.29) is 12.2 Å². The van der Waals surface area contributed by atoms with E-state index in [4.69, 9.17) is 9.47 Å². The smallest absolute Gasteiger partial charge is 0.338 e. The van der Waals surface area contributed by atoms with Gasteiger partial charge in [-0.3, -0.25) is 14.3 Å². The molecule has 2 heterocycles. The molecule has 0 spiro atoms. The van der Waals surface area contributed by atoms with Gasteiger partial charge in [-0.05, 0) is 19.1 Å². The second kappa shape index (κ2) is 6.19. The first-order chi connectivity index (χ1) is 11.5. The Morgan fingerprint density at radius 2 is 2.04 bits per heavy atom. The summed E-state index contributed by atoms with van der Waals surface area (Å²) in [6, 6.07) is 8.57. The molecule has 24 heavy (non-hydrogen) atoms. The summed E-state index contributed by atoms with van der Waals surface area (Å²) in [7, 11) is 0. The van der Waals surface area contributed by atoms with Crippen LogP contribution in [-0.2, 0) is 9.47 Å². The molecule has 0 amide bonds. The molecule has 1 aliphatic rings. The van der Waals surface area contributed by atoms with Gasteiger partial charge in [0.1, 0.15) is 5.76 Å². The van der Waals surface area contributed by atoms with Crippen molar-refractivity contribution in [1.82, 2.24) is 9.55 Å². The fraction of sp³-hybridized carbons (Fsp3) is 0.235. The van der Waals surface area contributed by atoms with E-state index in [2.05, 4.69) is 11.6 Å². The number of aromatic nitrogens is 2. The molecule has 1 unspecified atom stereocenters. The van der Waals surface area contributed by atoms with E-state index < -0.39 is 29.6 Å². The Labute approximate surface area is 137 Å². The number of nitrogens with zero attached hydrogens (tertiary/aromatic N) is 1. The first-order valence-corrected chi connectivity index (χ1v) is 7.39. The Kier molecular flexibility index (Phi) is 4.07. The van der Waals surface area contributed by atoms with Gasteiger partial charge in [0, 0.05) is 18.2 Å². The quantitative estimate of drug-likeness (QED) is 0.862. The Balaban J connectivity index is 1.77. The fourth-order valence-corrected chi connectivity index (χ4v) is 2.47. The molecule has 2 aromatic rings. The molecule has 1 aromatic heterocycles. The first-order valence-electron chi connectivity index (χ1n) is 7.39. The first kappa shape index (κ1) is 15.8. The number of H-pyrrole nitrogens is 1. The van der Waals surface area contributed by atoms with Gasteiger partial charge in [-0.25, -0.2) is 9.59 Å². The van der Waals surface area contributed by atoms with E-state index in [0.29, 0.717) is 11.1 Å². The van der Waals surface area contributed by atoms with Crippen molar-refractivity contribution in [3.05, 3.63) is 80.8 Å². The van der Waals surface area contributed by atoms with Gasteiger partial charge >= 0.3 is 11.7 Å². The normalized spacial score (nSPS) is 19.8. The minimum atomic E-state index is -0.686. The summed E-state index contributed by atoms with van der Waals surface area (Å²) < 4.78 is 12.2. The minimum absolute atomic E-state index is 0.239. The highest BCUT2D eigenvalue weighted by Gasteiger charge is 2.34. The molecule has 0 saturated carbocycles. The topological polar surface area (TPSA) is 90.4 Å². The van der Waals surface area contributed by atoms with Crippen molar-refractivity contribution >= 4 is 5.97 Å². The second-order valence-electron chi connectivity index (χ2n) is 5.51. The van der Waals surface area contributed by atoms with E-state index in [1.807, 2.05) is 0 Å². The summed E-state index contributed by atoms with van der Waals surface area (Å²) in [5, 5.41) is 0. The molecule has 1 aromatic carbocycles. The van der Waals surface area contributed by atoms with Gasteiger partial charge < -0.3 is 9.47 Å². The molecule has 124 valence electrons. The predicted octanol–water partition coefficient (Wildman–Crippen LogP) is 1.50. The summed E-state index contributed by atoms with van der Waals surface area (Å²) in [4.78, 5) is 37.7. The Hall–Kier alpha value is -3.09. The monoisotopic (exact) mass is 328 g/mol. The number of aryl methyl sites for hydroxylation is 1. The number of ether oxygens (including phenoxy) is 2. The van der Waals surface area contributed by atoms with Gasteiger partial charge in [0.05, 0.1) is 5.56 Å². The van der Waals surface area contributed by atoms with E-state index in [1.165, 1.54) is 10.8 Å². The fourth-order valence-electron chi connectivity index (χ4n) is 2.47. The molecule has 0 bridgehead atoms. The van der Waals surface area contributed by atoms with Crippen molar-refractivity contribution in [2.24, 2.45) is 0 Å². The number of carbonyl (C=O) groups is 1. The van der Waals surface area contributed by atoms with Crippen LogP contribution in [0.1, 0.15) is 28.6 Å². The maximum Gasteiger partial charge on any atom is 0.338 e. The van der Waals surface area contributed by atoms with Crippen molar-refractivity contribution in [3.63, 3.8) is 0 Å². The minimum Gasteiger partial charge on any atom is -0.471 e. The molecule has 1 fully saturated rings. The summed E-state index contributed by atoms with van der Waals surface area (Å²) in [6.45, 7) is 5.33. The zero-order valence-electron chi connectivity index (χ0n) is 13.0. The van der Waals surface area contributed by atoms with Gasteiger partial charge in [0.25, 0.3) is 5.56 Å². The average Bonchev–Trinajstić information content (AvgIpc) is 2.92. The number of aromatic amines is 1. The highest BCUT2D eigenvalue weighted by molar-refractivity contribution is 5.89. The molecule has 0 radical (unpaired) electrons. The third-order valence-electron chi connectivity index (χ3n) is 3.78. The summed E-state index contributed by atoms with van der Waals surface area (Å²) in [5.41, 5.74) is -0.224. The van der Waals surface area contributed by atoms with E-state index >= 15 is 0 Å². The molecule has 1 N–H and O–H groups in total. The van der Waals surface area contributed by atoms with Crippen LogP contribution in [0.3, 0.4) is 0 Å². The molecule has 2 atom stereocenters. The zero-order chi connectivity index (χ0) is 17.3. The maximum atomic E-state index is 12.1. The second-order valence-corrected chi connectivity index (χ2v) is 5.51. The molecular formula is C17H16N2O5. The standard InChI is InChI=1S/C17H16N2O5/c1-10-9-19(17(22)18-15(10)20)14-8-13(11(2)23-14)24-16(21)12-6-4-3-5-7-12/h3-7,9,13-14H,2,8H2,1H3,(H,18,20,22)/t13?,14-/m1/s1. The molecule has 1 saturated heterocycles. The lowest BCUT2D eigenvalue weighted by Crippen LogP contribution is -2.33. The van der Waals surface area contributed by atoms with Crippen molar-refractivity contribution in [2.75, 3.05) is 0 Å². The summed E-state index contributed by atoms with van der Waals surface area (Å²) >= 11 is 0. The Bertz CT molecular complexity index is 897. The zero-order valence-corrected chi connectivity index (χ0v) is 13.0. The molecule has 0 aliphatic carbocycles. The van der Waals surface area contributed by atoms with Crippen molar-refractivity contribution < 1.29 is 14.3 Å². The number of esters is 1. The van der Waals surface area contributed by atoms with Gasteiger partial charge in [-0.1, -0.05) is 24.8 Å². The van der Waals surface area contributed by atoms with Crippen molar-refractivity contribution in [2.45, 2.75) is 25.7 Å². The van der Waals surface area contributed by atoms with Crippen LogP contribution in [0.2, 0.25) is 0 Å². The summed E-state index contributed by atoms with van der Waals surface area (Å²) in [6.07, 6.45) is 0.305. The van der Waals surface area contributed by atoms with Gasteiger partial charge in [-0.2, -0.15) is 0 Å². The Morgan fingerprint density at radius 1 is 1.33 bits per heavy atom. The largest absolute Gasteiger partial charge is 0.471 e. The maximum absolute atomic E-state index is 12.1. The van der Waals surface area contributed by atoms with E-state index in [9.17, 15) is 14.4 Å². The molecule has 1 aliphatic heterocycles. The highest BCUT2D eigenvalue weighted by atomic mass is 16.6. The van der Waals surface area contributed by atoms with Crippen LogP contribution in [0, 0.1) is 6.92 Å². The van der Waals surface area contributed by atoms with Crippen LogP contribution >= 0.6 is 0 Å². The van der Waals surface area contributed by atoms with Crippen LogP contribution in [0.15, 0.2) is 58.5 Å². The molecule has 7 nitrogen and oxygen atoms in total. The van der Waals surface area contributed by atoms with E-state index in [0.717, 1.165) is 0 Å². The lowest BCUT2D eigenvalue weighted by atomic mass is 10.2. The van der Waals surface area contributed by atoms with Crippen molar-refractivity contribution in [1.29, 1.82) is 0 Å². The third-order valence-corrected chi connectivity index (χ3v) is 3.78. The number of rotatable bonds is 3. The summed E-state index contributed by atoms with van der Waals surface area (Å²) in [5.74, 6) is -0.226. The van der Waals surface area contributed by atoms with Crippen molar-refractivity contribution in [3.8, 4) is 0 Å². The van der Waals surface area contributed by atoms with Gasteiger partial charge in [0.2, 0.25) is 0 Å². The van der Waals surface area contributed by atoms with Crippen LogP contribution in [0.5, 0.6) is 0 Å². The number of nitrogens with one attached hydrogen (secondary N) is 1. The van der Waals surface area contributed by atoms with Crippen LogP contribution in [0.25, 0.3) is 0 Å². The average molecular weight is 328 g/mol. The molecular weight excluding hydrogens is 312 g/mol. The van der Waals surface area contributed by atoms with Crippen LogP contribution in [-0.4, -0.2) is 21.6 Å². The van der Waals surface area contributed by atoms with E-state index in [1.54, 1.807) is 37.3 Å². The number of benzene rings is 1. The van der Waals surface area contributed by atoms with Crippen LogP contribution < -0.4 is 11.2 Å². The Morgan fingerprint density at radius 3 is 2.75 bits per heavy atom. The number of hydrogen-bond acceptors (Lipinski definition) is 5. The van der Waals surface area contributed by atoms with Gasteiger partial charge in [-0.15, -0.1) is 0 Å². The SMILES string of the molecule is C=C1O[C@@H](n2cc(C)c(=O)[nH]c2=O)CC1OC(=O)c1ccccc1. The van der Waals surface area contributed by atoms with Gasteiger partial charge in [0.15, 0.2) is 12.3 Å². The molecule has 7 heteroatoms. The van der Waals surface area contributed by atoms with Crippen LogP contribution in [0.4, 0.5) is 0 Å². The number of carbonyl (C=O) groups excluding carboxylic acids is 1. The third kappa shape index (κ3) is 3.01.